The normalized spacial score (nSPS) is 9.56. The number of phenols is 1. The van der Waals surface area contributed by atoms with E-state index in [1.807, 2.05) is 0 Å². The summed E-state index contributed by atoms with van der Waals surface area (Å²) in [6, 6.07) is 5.61. The van der Waals surface area contributed by atoms with Crippen LogP contribution in [0.2, 0.25) is 0 Å². The Labute approximate surface area is 93.0 Å². The quantitative estimate of drug-likeness (QED) is 0.736. The van der Waals surface area contributed by atoms with Gasteiger partial charge in [0.1, 0.15) is 5.75 Å². The lowest BCUT2D eigenvalue weighted by Gasteiger charge is -2.04. The number of carbonyl (C=O) groups excluding carboxylic acids is 2. The second-order valence-corrected chi connectivity index (χ2v) is 3.08. The molecular formula is C11H13NO4. The molecule has 0 fully saturated rings. The van der Waals surface area contributed by atoms with Crippen molar-refractivity contribution in [2.75, 3.05) is 13.2 Å². The van der Waals surface area contributed by atoms with Gasteiger partial charge in [0.25, 0.3) is 5.91 Å². The van der Waals surface area contributed by atoms with E-state index < -0.39 is 5.97 Å². The molecule has 0 radical (unpaired) electrons. The van der Waals surface area contributed by atoms with Crippen LogP contribution in [0.25, 0.3) is 0 Å². The fourth-order valence-electron chi connectivity index (χ4n) is 1.06. The van der Waals surface area contributed by atoms with E-state index in [0.29, 0.717) is 12.1 Å². The Morgan fingerprint density at radius 1 is 1.31 bits per heavy atom. The van der Waals surface area contributed by atoms with E-state index in [1.165, 1.54) is 24.3 Å². The molecule has 2 N–H and O–H groups in total. The predicted octanol–water partition coefficient (Wildman–Crippen LogP) is 0.685. The Balaban J connectivity index is 2.47. The highest BCUT2D eigenvalue weighted by Crippen LogP contribution is 2.10. The number of aromatic hydroxyl groups is 1. The highest BCUT2D eigenvalue weighted by atomic mass is 16.5. The number of hydrogen-bond donors (Lipinski definition) is 2. The minimum absolute atomic E-state index is 0.0697. The number of nitrogens with one attached hydrogen (secondary N) is 1. The zero-order valence-corrected chi connectivity index (χ0v) is 8.90. The molecule has 0 aliphatic rings. The van der Waals surface area contributed by atoms with Crippen LogP contribution in [0.15, 0.2) is 24.3 Å². The molecule has 5 nitrogen and oxygen atoms in total. The third-order valence-corrected chi connectivity index (χ3v) is 1.81. The van der Waals surface area contributed by atoms with Crippen LogP contribution in [-0.2, 0) is 9.53 Å². The van der Waals surface area contributed by atoms with Crippen molar-refractivity contribution in [2.45, 2.75) is 6.92 Å². The first-order valence-electron chi connectivity index (χ1n) is 4.86. The molecule has 86 valence electrons. The maximum atomic E-state index is 11.4. The maximum absolute atomic E-state index is 11.4. The Morgan fingerprint density at radius 2 is 1.94 bits per heavy atom. The van der Waals surface area contributed by atoms with Crippen LogP contribution >= 0.6 is 0 Å². The minimum atomic E-state index is -0.591. The summed E-state index contributed by atoms with van der Waals surface area (Å²) in [5, 5.41) is 11.5. The van der Waals surface area contributed by atoms with E-state index in [2.05, 4.69) is 5.32 Å². The van der Waals surface area contributed by atoms with Crippen LogP contribution in [0.3, 0.4) is 0 Å². The molecule has 0 heterocycles. The molecule has 16 heavy (non-hydrogen) atoms. The van der Waals surface area contributed by atoms with Gasteiger partial charge in [-0.3, -0.25) is 4.79 Å². The Kier molecular flexibility index (Phi) is 4.32. The van der Waals surface area contributed by atoms with Crippen LogP contribution in [0.5, 0.6) is 5.75 Å². The number of esters is 1. The van der Waals surface area contributed by atoms with Crippen molar-refractivity contribution >= 4 is 11.9 Å². The van der Waals surface area contributed by atoms with Crippen molar-refractivity contribution in [2.24, 2.45) is 0 Å². The fraction of sp³-hybridized carbons (Fsp3) is 0.273. The molecule has 0 spiro atoms. The van der Waals surface area contributed by atoms with Crippen molar-refractivity contribution in [3.05, 3.63) is 29.8 Å². The van der Waals surface area contributed by atoms with Gasteiger partial charge in [0.15, 0.2) is 6.61 Å². The third-order valence-electron chi connectivity index (χ3n) is 1.81. The zero-order chi connectivity index (χ0) is 12.0. The summed E-state index contributed by atoms with van der Waals surface area (Å²) in [6.45, 7) is 1.98. The number of amides is 1. The zero-order valence-electron chi connectivity index (χ0n) is 8.90. The second-order valence-electron chi connectivity index (χ2n) is 3.08. The molecule has 0 bridgehead atoms. The molecular weight excluding hydrogens is 210 g/mol. The van der Waals surface area contributed by atoms with Gasteiger partial charge in [0.2, 0.25) is 0 Å². The summed E-state index contributed by atoms with van der Waals surface area (Å²) < 4.78 is 4.75. The summed E-state index contributed by atoms with van der Waals surface area (Å²) >= 11 is 0. The number of carbonyl (C=O) groups is 2. The van der Waals surface area contributed by atoms with Crippen molar-refractivity contribution in [1.29, 1.82) is 0 Å². The Hall–Kier alpha value is -2.04. The van der Waals surface area contributed by atoms with Crippen LogP contribution in [-0.4, -0.2) is 30.1 Å². The topological polar surface area (TPSA) is 75.6 Å². The summed E-state index contributed by atoms with van der Waals surface area (Å²) in [5.74, 6) is -0.860. The first kappa shape index (κ1) is 12.0. The summed E-state index contributed by atoms with van der Waals surface area (Å²) in [4.78, 5) is 22.4. The standard InChI is InChI=1S/C11H13NO4/c1-2-12-10(14)7-16-11(15)8-3-5-9(13)6-4-8/h3-6,13H,2,7H2,1H3,(H,12,14). The summed E-state index contributed by atoms with van der Waals surface area (Å²) in [5.41, 5.74) is 0.294. The van der Waals surface area contributed by atoms with Gasteiger partial charge >= 0.3 is 5.97 Å². The Morgan fingerprint density at radius 3 is 2.50 bits per heavy atom. The summed E-state index contributed by atoms with van der Waals surface area (Å²) in [7, 11) is 0. The monoisotopic (exact) mass is 223 g/mol. The van der Waals surface area contributed by atoms with Crippen molar-refractivity contribution < 1.29 is 19.4 Å². The fourth-order valence-corrected chi connectivity index (χ4v) is 1.06. The molecule has 1 rings (SSSR count). The van der Waals surface area contributed by atoms with Crippen molar-refractivity contribution in [3.8, 4) is 5.75 Å². The molecule has 0 saturated heterocycles. The molecule has 1 aromatic rings. The average molecular weight is 223 g/mol. The van der Waals surface area contributed by atoms with Crippen molar-refractivity contribution in [1.82, 2.24) is 5.32 Å². The SMILES string of the molecule is CCNC(=O)COC(=O)c1ccc(O)cc1. The van der Waals surface area contributed by atoms with Crippen LogP contribution in [0.4, 0.5) is 0 Å². The smallest absolute Gasteiger partial charge is 0.338 e. The third kappa shape index (κ3) is 3.61. The molecule has 1 aromatic carbocycles. The van der Waals surface area contributed by atoms with Crippen LogP contribution in [0, 0.1) is 0 Å². The Bertz CT molecular complexity index is 372. The summed E-state index contributed by atoms with van der Waals surface area (Å²) in [6.07, 6.45) is 0. The minimum Gasteiger partial charge on any atom is -0.508 e. The molecule has 0 saturated carbocycles. The number of rotatable bonds is 4. The van der Waals surface area contributed by atoms with Gasteiger partial charge < -0.3 is 15.2 Å². The molecule has 0 unspecified atom stereocenters. The van der Waals surface area contributed by atoms with E-state index in [9.17, 15) is 9.59 Å². The van der Waals surface area contributed by atoms with Gasteiger partial charge in [0, 0.05) is 6.54 Å². The van der Waals surface area contributed by atoms with Crippen molar-refractivity contribution in [3.63, 3.8) is 0 Å². The number of likely N-dealkylation sites (N-methyl/N-ethyl adjacent to an activating group) is 1. The largest absolute Gasteiger partial charge is 0.508 e. The molecule has 5 heteroatoms. The van der Waals surface area contributed by atoms with Gasteiger partial charge in [0.05, 0.1) is 5.56 Å². The highest BCUT2D eigenvalue weighted by molar-refractivity contribution is 5.91. The number of benzene rings is 1. The number of ether oxygens (including phenoxy) is 1. The van der Waals surface area contributed by atoms with Gasteiger partial charge in [-0.2, -0.15) is 0 Å². The molecule has 1 amide bonds. The molecule has 0 atom stereocenters. The van der Waals surface area contributed by atoms with Crippen LogP contribution < -0.4 is 5.32 Å². The second kappa shape index (κ2) is 5.75. The van der Waals surface area contributed by atoms with Gasteiger partial charge in [-0.1, -0.05) is 0 Å². The van der Waals surface area contributed by atoms with Gasteiger partial charge in [-0.25, -0.2) is 4.79 Å². The molecule has 0 aliphatic carbocycles. The lowest BCUT2D eigenvalue weighted by Crippen LogP contribution is -2.28. The average Bonchev–Trinajstić information content (AvgIpc) is 2.27. The molecule has 0 aliphatic heterocycles. The number of hydrogen-bond acceptors (Lipinski definition) is 4. The van der Waals surface area contributed by atoms with Gasteiger partial charge in [-0.05, 0) is 31.2 Å². The molecule has 0 aromatic heterocycles. The van der Waals surface area contributed by atoms with E-state index in [-0.39, 0.29) is 18.3 Å². The first-order chi connectivity index (χ1) is 7.63. The lowest BCUT2D eigenvalue weighted by molar-refractivity contribution is -0.124. The highest BCUT2D eigenvalue weighted by Gasteiger charge is 2.09. The number of phenolic OH excluding ortho intramolecular Hbond substituents is 1. The van der Waals surface area contributed by atoms with E-state index >= 15 is 0 Å². The first-order valence-corrected chi connectivity index (χ1v) is 4.86. The lowest BCUT2D eigenvalue weighted by atomic mass is 10.2. The van der Waals surface area contributed by atoms with Crippen LogP contribution in [0.1, 0.15) is 17.3 Å². The van der Waals surface area contributed by atoms with Gasteiger partial charge in [-0.15, -0.1) is 0 Å². The predicted molar refractivity (Wildman–Crippen MR) is 57.1 cm³/mol. The van der Waals surface area contributed by atoms with E-state index in [4.69, 9.17) is 9.84 Å². The van der Waals surface area contributed by atoms with E-state index in [0.717, 1.165) is 0 Å². The van der Waals surface area contributed by atoms with E-state index in [1.54, 1.807) is 6.92 Å². The maximum Gasteiger partial charge on any atom is 0.338 e.